The summed E-state index contributed by atoms with van der Waals surface area (Å²) in [5, 5.41) is 7.29. The van der Waals surface area contributed by atoms with Crippen molar-refractivity contribution in [1.82, 2.24) is 25.3 Å². The Morgan fingerprint density at radius 2 is 2.03 bits per heavy atom. The highest BCUT2D eigenvalue weighted by Crippen LogP contribution is 2.40. The number of hydrogen-bond acceptors (Lipinski definition) is 8. The van der Waals surface area contributed by atoms with Gasteiger partial charge in [-0.25, -0.2) is 9.97 Å². The predicted octanol–water partition coefficient (Wildman–Crippen LogP) is 2.68. The van der Waals surface area contributed by atoms with Crippen molar-refractivity contribution in [2.24, 2.45) is 0 Å². The summed E-state index contributed by atoms with van der Waals surface area (Å²) in [7, 11) is 0. The Balaban J connectivity index is 1.31. The van der Waals surface area contributed by atoms with Gasteiger partial charge in [-0.15, -0.1) is 0 Å². The molecule has 2 N–H and O–H groups in total. The van der Waals surface area contributed by atoms with Crippen molar-refractivity contribution in [3.05, 3.63) is 36.2 Å². The molecule has 0 unspecified atom stereocenters. The highest BCUT2D eigenvalue weighted by Gasteiger charge is 2.38. The van der Waals surface area contributed by atoms with Crippen LogP contribution in [0.1, 0.15) is 48.8 Å². The third-order valence-electron chi connectivity index (χ3n) is 5.91. The summed E-state index contributed by atoms with van der Waals surface area (Å²) in [4.78, 5) is 32.7. The number of aryl methyl sites for hydroxylation is 1. The van der Waals surface area contributed by atoms with Crippen LogP contribution in [0.2, 0.25) is 0 Å². The van der Waals surface area contributed by atoms with Gasteiger partial charge in [0.05, 0.1) is 17.1 Å². The Hall–Kier alpha value is -3.23. The zero-order valence-corrected chi connectivity index (χ0v) is 17.2. The van der Waals surface area contributed by atoms with Gasteiger partial charge in [0, 0.05) is 37.1 Å². The maximum Gasteiger partial charge on any atom is 0.255 e. The van der Waals surface area contributed by atoms with Crippen LogP contribution in [-0.4, -0.2) is 50.5 Å². The molecule has 1 amide bonds. The first kappa shape index (κ1) is 18.8. The monoisotopic (exact) mass is 407 g/mol. The standard InChI is InChI=1S/C21H25N7O2/c1-13-24-18(27-21(2)5-6-21)17-15(12-30-20(17)25-13)19(29)26-14-3-9-28(10-4-14)16-11-22-7-8-23-16/h7-8,11-12,14H,3-6,9-10H2,1-2H3,(H,26,29)(H,24,25,27). The normalized spacial score (nSPS) is 18.4. The minimum Gasteiger partial charge on any atom is -0.445 e. The number of carbonyl (C=O) groups excluding carboxylic acids is 1. The van der Waals surface area contributed by atoms with Gasteiger partial charge in [0.25, 0.3) is 5.91 Å². The average molecular weight is 407 g/mol. The molecule has 0 atom stereocenters. The summed E-state index contributed by atoms with van der Waals surface area (Å²) >= 11 is 0. The van der Waals surface area contributed by atoms with Gasteiger partial charge >= 0.3 is 0 Å². The smallest absolute Gasteiger partial charge is 0.255 e. The number of furan rings is 1. The number of amides is 1. The highest BCUT2D eigenvalue weighted by atomic mass is 16.3. The minimum atomic E-state index is -0.150. The van der Waals surface area contributed by atoms with Gasteiger partial charge in [-0.2, -0.15) is 4.98 Å². The number of nitrogens with zero attached hydrogens (tertiary/aromatic N) is 5. The molecule has 4 heterocycles. The summed E-state index contributed by atoms with van der Waals surface area (Å²) in [6, 6.07) is 0.0964. The van der Waals surface area contributed by atoms with Crippen LogP contribution >= 0.6 is 0 Å². The van der Waals surface area contributed by atoms with E-state index in [0.717, 1.165) is 44.6 Å². The second-order valence-corrected chi connectivity index (χ2v) is 8.43. The first-order valence-electron chi connectivity index (χ1n) is 10.4. The largest absolute Gasteiger partial charge is 0.445 e. The molecule has 9 nitrogen and oxygen atoms in total. The molecular weight excluding hydrogens is 382 g/mol. The molecule has 2 fully saturated rings. The summed E-state index contributed by atoms with van der Waals surface area (Å²) < 4.78 is 5.62. The zero-order chi connectivity index (χ0) is 20.7. The van der Waals surface area contributed by atoms with E-state index in [1.54, 1.807) is 18.6 Å². The van der Waals surface area contributed by atoms with E-state index >= 15 is 0 Å². The fourth-order valence-electron chi connectivity index (χ4n) is 3.88. The molecule has 0 spiro atoms. The van der Waals surface area contributed by atoms with Crippen molar-refractivity contribution in [2.75, 3.05) is 23.3 Å². The van der Waals surface area contributed by atoms with Gasteiger partial charge in [0.2, 0.25) is 5.71 Å². The first-order valence-corrected chi connectivity index (χ1v) is 10.4. The van der Waals surface area contributed by atoms with E-state index in [2.05, 4.69) is 42.4 Å². The lowest BCUT2D eigenvalue weighted by Crippen LogP contribution is -2.45. The molecule has 1 aliphatic carbocycles. The third kappa shape index (κ3) is 3.67. The molecule has 5 rings (SSSR count). The van der Waals surface area contributed by atoms with E-state index in [0.29, 0.717) is 28.3 Å². The van der Waals surface area contributed by atoms with Crippen LogP contribution in [0.15, 0.2) is 29.3 Å². The Labute approximate surface area is 174 Å². The lowest BCUT2D eigenvalue weighted by molar-refractivity contribution is 0.0932. The molecule has 0 bridgehead atoms. The molecule has 0 aromatic carbocycles. The molecule has 2 aliphatic rings. The summed E-state index contributed by atoms with van der Waals surface area (Å²) in [5.74, 6) is 2.02. The lowest BCUT2D eigenvalue weighted by Gasteiger charge is -2.32. The van der Waals surface area contributed by atoms with E-state index in [1.165, 1.54) is 6.26 Å². The van der Waals surface area contributed by atoms with E-state index in [-0.39, 0.29) is 17.5 Å². The van der Waals surface area contributed by atoms with Gasteiger partial charge < -0.3 is 20.0 Å². The number of nitrogens with one attached hydrogen (secondary N) is 2. The van der Waals surface area contributed by atoms with Gasteiger partial charge in [-0.05, 0) is 39.5 Å². The molecule has 3 aromatic rings. The molecule has 30 heavy (non-hydrogen) atoms. The zero-order valence-electron chi connectivity index (χ0n) is 17.2. The topological polar surface area (TPSA) is 109 Å². The highest BCUT2D eigenvalue weighted by molar-refractivity contribution is 6.09. The minimum absolute atomic E-state index is 0.0336. The van der Waals surface area contributed by atoms with Crippen molar-refractivity contribution in [3.63, 3.8) is 0 Å². The van der Waals surface area contributed by atoms with E-state index < -0.39 is 0 Å². The van der Waals surface area contributed by atoms with Gasteiger partial charge in [0.15, 0.2) is 0 Å². The molecule has 156 valence electrons. The third-order valence-corrected chi connectivity index (χ3v) is 5.91. The number of hydrogen-bond donors (Lipinski definition) is 2. The Kier molecular flexibility index (Phi) is 4.52. The SMILES string of the molecule is Cc1nc(NC2(C)CC2)c2c(C(=O)NC3CCN(c4cnccn4)CC3)coc2n1. The van der Waals surface area contributed by atoms with Gasteiger partial charge in [-0.1, -0.05) is 0 Å². The van der Waals surface area contributed by atoms with E-state index in [9.17, 15) is 4.79 Å². The average Bonchev–Trinajstić information content (AvgIpc) is 3.31. The molecule has 1 saturated heterocycles. The number of piperidine rings is 1. The van der Waals surface area contributed by atoms with Crippen LogP contribution in [-0.2, 0) is 0 Å². The number of carbonyl (C=O) groups is 1. The fraction of sp³-hybridized carbons (Fsp3) is 0.476. The summed E-state index contributed by atoms with van der Waals surface area (Å²) in [5.41, 5.74) is 0.955. The van der Waals surface area contributed by atoms with Crippen LogP contribution in [0, 0.1) is 6.92 Å². The van der Waals surface area contributed by atoms with Crippen LogP contribution in [0.3, 0.4) is 0 Å². The molecule has 9 heteroatoms. The second kappa shape index (κ2) is 7.23. The number of fused-ring (bicyclic) bond motifs is 1. The van der Waals surface area contributed by atoms with Crippen molar-refractivity contribution in [3.8, 4) is 0 Å². The maximum absolute atomic E-state index is 13.1. The van der Waals surface area contributed by atoms with Crippen molar-refractivity contribution in [2.45, 2.75) is 51.1 Å². The van der Waals surface area contributed by atoms with Crippen molar-refractivity contribution in [1.29, 1.82) is 0 Å². The van der Waals surface area contributed by atoms with E-state index in [1.807, 2.05) is 6.92 Å². The predicted molar refractivity (Wildman–Crippen MR) is 113 cm³/mol. The van der Waals surface area contributed by atoms with Crippen LogP contribution < -0.4 is 15.5 Å². The number of anilines is 2. The number of rotatable bonds is 5. The molecule has 3 aromatic heterocycles. The Morgan fingerprint density at radius 3 is 2.73 bits per heavy atom. The maximum atomic E-state index is 13.1. The first-order chi connectivity index (χ1) is 14.5. The Morgan fingerprint density at radius 1 is 1.23 bits per heavy atom. The quantitative estimate of drug-likeness (QED) is 0.664. The van der Waals surface area contributed by atoms with Crippen molar-refractivity contribution >= 4 is 28.6 Å². The van der Waals surface area contributed by atoms with Gasteiger partial charge in [0.1, 0.15) is 23.7 Å². The Bertz CT molecular complexity index is 1070. The second-order valence-electron chi connectivity index (χ2n) is 8.43. The van der Waals surface area contributed by atoms with E-state index in [4.69, 9.17) is 4.42 Å². The lowest BCUT2D eigenvalue weighted by atomic mass is 10.0. The molecular formula is C21H25N7O2. The summed E-state index contributed by atoms with van der Waals surface area (Å²) in [6.07, 6.45) is 10.5. The van der Waals surface area contributed by atoms with Crippen LogP contribution in [0.5, 0.6) is 0 Å². The molecule has 0 radical (unpaired) electrons. The molecule has 1 aliphatic heterocycles. The number of aromatic nitrogens is 4. The fourth-order valence-corrected chi connectivity index (χ4v) is 3.88. The van der Waals surface area contributed by atoms with Crippen LogP contribution in [0.25, 0.3) is 11.1 Å². The molecule has 1 saturated carbocycles. The van der Waals surface area contributed by atoms with Crippen molar-refractivity contribution < 1.29 is 9.21 Å². The van der Waals surface area contributed by atoms with Gasteiger partial charge in [-0.3, -0.25) is 9.78 Å². The van der Waals surface area contributed by atoms with Crippen LogP contribution in [0.4, 0.5) is 11.6 Å². The summed E-state index contributed by atoms with van der Waals surface area (Å²) in [6.45, 7) is 5.63.